The van der Waals surface area contributed by atoms with E-state index in [0.29, 0.717) is 37.8 Å². The second-order valence-electron chi connectivity index (χ2n) is 7.86. The van der Waals surface area contributed by atoms with Gasteiger partial charge >= 0.3 is 12.4 Å². The van der Waals surface area contributed by atoms with Gasteiger partial charge < -0.3 is 20.0 Å². The third-order valence-electron chi connectivity index (χ3n) is 5.93. The van der Waals surface area contributed by atoms with Crippen molar-refractivity contribution in [3.05, 3.63) is 12.4 Å². The zero-order chi connectivity index (χ0) is 22.1. The van der Waals surface area contributed by atoms with Crippen molar-refractivity contribution < 1.29 is 36.6 Å². The summed E-state index contributed by atoms with van der Waals surface area (Å²) in [5.41, 5.74) is 0. The lowest BCUT2D eigenvalue weighted by Gasteiger charge is -2.37. The van der Waals surface area contributed by atoms with Crippen molar-refractivity contribution >= 4 is 11.6 Å². The summed E-state index contributed by atoms with van der Waals surface area (Å²) in [5, 5.41) is 18.9. The number of hydrogen-bond acceptors (Lipinski definition) is 6. The highest BCUT2D eigenvalue weighted by molar-refractivity contribution is 5.50. The molecule has 0 amide bonds. The largest absolute Gasteiger partial charge is 0.414 e. The molecule has 0 radical (unpaired) electrons. The summed E-state index contributed by atoms with van der Waals surface area (Å²) in [5.74, 6) is -0.668. The third kappa shape index (κ3) is 5.26. The molecule has 2 N–H and O–H groups in total. The van der Waals surface area contributed by atoms with E-state index in [-0.39, 0.29) is 25.7 Å². The maximum Gasteiger partial charge on any atom is 0.414 e. The molecule has 2 unspecified atom stereocenters. The number of rotatable bonds is 4. The van der Waals surface area contributed by atoms with E-state index in [1.165, 1.54) is 6.33 Å². The second kappa shape index (κ2) is 8.74. The van der Waals surface area contributed by atoms with Gasteiger partial charge in [-0.2, -0.15) is 26.3 Å². The predicted octanol–water partition coefficient (Wildman–Crippen LogP) is 2.76. The molecule has 2 atom stereocenters. The SMILES string of the molecule is OC(C1CCN(c2cc(N3CCC(C(O)C(F)(F)F)CC3)ncn2)CC1)C(F)(F)F. The number of anilines is 2. The van der Waals surface area contributed by atoms with Crippen molar-refractivity contribution in [3.63, 3.8) is 0 Å². The molecule has 0 bridgehead atoms. The van der Waals surface area contributed by atoms with E-state index in [1.807, 2.05) is 9.80 Å². The van der Waals surface area contributed by atoms with Crippen LogP contribution in [0.5, 0.6) is 0 Å². The van der Waals surface area contributed by atoms with Gasteiger partial charge in [0, 0.05) is 32.2 Å². The summed E-state index contributed by atoms with van der Waals surface area (Å²) in [6.07, 6.45) is -12.0. The fraction of sp³-hybridized carbons (Fsp3) is 0.778. The molecule has 2 aliphatic rings. The zero-order valence-corrected chi connectivity index (χ0v) is 16.1. The van der Waals surface area contributed by atoms with Crippen molar-refractivity contribution in [1.82, 2.24) is 9.97 Å². The van der Waals surface area contributed by atoms with Gasteiger partial charge in [0.15, 0.2) is 12.2 Å². The van der Waals surface area contributed by atoms with E-state index in [9.17, 15) is 36.6 Å². The van der Waals surface area contributed by atoms with Gasteiger partial charge in [-0.3, -0.25) is 0 Å². The van der Waals surface area contributed by atoms with Crippen molar-refractivity contribution in [2.75, 3.05) is 36.0 Å². The van der Waals surface area contributed by atoms with Gasteiger partial charge in [0.05, 0.1) is 0 Å². The van der Waals surface area contributed by atoms with E-state index in [0.717, 1.165) is 0 Å². The van der Waals surface area contributed by atoms with Gasteiger partial charge in [0.25, 0.3) is 0 Å². The number of aliphatic hydroxyl groups is 2. The van der Waals surface area contributed by atoms with E-state index < -0.39 is 36.4 Å². The van der Waals surface area contributed by atoms with Crippen LogP contribution in [0.25, 0.3) is 0 Å². The molecule has 1 aromatic rings. The lowest BCUT2D eigenvalue weighted by molar-refractivity contribution is -0.221. The molecular weight excluding hydrogens is 418 g/mol. The number of halogens is 6. The maximum absolute atomic E-state index is 12.7. The van der Waals surface area contributed by atoms with Gasteiger partial charge in [-0.15, -0.1) is 0 Å². The van der Waals surface area contributed by atoms with Crippen molar-refractivity contribution in [2.24, 2.45) is 11.8 Å². The number of piperidine rings is 2. The van der Waals surface area contributed by atoms with Crippen LogP contribution in [-0.4, -0.2) is 70.9 Å². The van der Waals surface area contributed by atoms with Crippen LogP contribution < -0.4 is 9.80 Å². The van der Waals surface area contributed by atoms with Crippen molar-refractivity contribution in [3.8, 4) is 0 Å². The molecule has 1 aromatic heterocycles. The number of alkyl halides is 6. The summed E-state index contributed by atoms with van der Waals surface area (Å²) in [6.45, 7) is 1.20. The molecule has 170 valence electrons. The van der Waals surface area contributed by atoms with Gasteiger partial charge in [-0.25, -0.2) is 9.97 Å². The summed E-state index contributed by atoms with van der Waals surface area (Å²) in [4.78, 5) is 12.0. The summed E-state index contributed by atoms with van der Waals surface area (Å²) in [7, 11) is 0. The Morgan fingerprint density at radius 1 is 0.733 bits per heavy atom. The van der Waals surface area contributed by atoms with Crippen LogP contribution >= 0.6 is 0 Å². The van der Waals surface area contributed by atoms with Crippen LogP contribution in [-0.2, 0) is 0 Å². The molecule has 2 aliphatic heterocycles. The minimum Gasteiger partial charge on any atom is -0.383 e. The fourth-order valence-electron chi connectivity index (χ4n) is 4.11. The fourth-order valence-corrected chi connectivity index (χ4v) is 4.11. The zero-order valence-electron chi connectivity index (χ0n) is 16.1. The Kier molecular flexibility index (Phi) is 6.66. The molecule has 6 nitrogen and oxygen atoms in total. The highest BCUT2D eigenvalue weighted by Gasteiger charge is 2.45. The average Bonchev–Trinajstić information content (AvgIpc) is 2.71. The Morgan fingerprint density at radius 2 is 1.07 bits per heavy atom. The smallest absolute Gasteiger partial charge is 0.383 e. The molecule has 2 saturated heterocycles. The van der Waals surface area contributed by atoms with Crippen LogP contribution in [0.2, 0.25) is 0 Å². The summed E-state index contributed by atoms with van der Waals surface area (Å²) in [6, 6.07) is 1.67. The first-order valence-corrected chi connectivity index (χ1v) is 9.78. The number of aromatic nitrogens is 2. The standard InChI is InChI=1S/C18H24F6N4O2/c19-17(20,21)15(29)11-1-5-27(6-2-11)13-9-14(26-10-25-13)28-7-3-12(4-8-28)16(30)18(22,23)24/h9-12,15-16,29-30H,1-8H2. The minimum atomic E-state index is -4.64. The van der Waals surface area contributed by atoms with E-state index in [2.05, 4.69) is 9.97 Å². The van der Waals surface area contributed by atoms with Gasteiger partial charge in [-0.1, -0.05) is 0 Å². The quantitative estimate of drug-likeness (QED) is 0.699. The Hall–Kier alpha value is -1.82. The molecule has 2 fully saturated rings. The Labute approximate surface area is 169 Å². The summed E-state index contributed by atoms with van der Waals surface area (Å²) >= 11 is 0. The Bertz CT molecular complexity index is 645. The molecule has 3 heterocycles. The van der Waals surface area contributed by atoms with E-state index in [1.54, 1.807) is 6.07 Å². The molecule has 0 saturated carbocycles. The van der Waals surface area contributed by atoms with E-state index in [4.69, 9.17) is 0 Å². The number of nitrogens with zero attached hydrogens (tertiary/aromatic N) is 4. The maximum atomic E-state index is 12.7. The van der Waals surface area contributed by atoms with Crippen molar-refractivity contribution in [1.29, 1.82) is 0 Å². The first-order valence-electron chi connectivity index (χ1n) is 9.78. The summed E-state index contributed by atoms with van der Waals surface area (Å²) < 4.78 is 76.1. The minimum absolute atomic E-state index is 0.167. The van der Waals surface area contributed by atoms with Gasteiger partial charge in [-0.05, 0) is 37.5 Å². The van der Waals surface area contributed by atoms with Crippen LogP contribution in [0, 0.1) is 11.8 Å². The first-order chi connectivity index (χ1) is 14.0. The second-order valence-corrected chi connectivity index (χ2v) is 7.86. The lowest BCUT2D eigenvalue weighted by Crippen LogP contribution is -2.44. The monoisotopic (exact) mass is 442 g/mol. The van der Waals surface area contributed by atoms with Crippen LogP contribution in [0.15, 0.2) is 12.4 Å². The predicted molar refractivity (Wildman–Crippen MR) is 96.0 cm³/mol. The number of aliphatic hydroxyl groups excluding tert-OH is 2. The molecule has 30 heavy (non-hydrogen) atoms. The number of hydrogen-bond donors (Lipinski definition) is 2. The van der Waals surface area contributed by atoms with Crippen LogP contribution in [0.1, 0.15) is 25.7 Å². The molecular formula is C18H24F6N4O2. The van der Waals surface area contributed by atoms with Gasteiger partial charge in [0.1, 0.15) is 18.0 Å². The van der Waals surface area contributed by atoms with Crippen molar-refractivity contribution in [2.45, 2.75) is 50.2 Å². The molecule has 0 spiro atoms. The van der Waals surface area contributed by atoms with E-state index >= 15 is 0 Å². The first kappa shape index (κ1) is 22.9. The molecule has 0 aromatic carbocycles. The molecule has 12 heteroatoms. The normalized spacial score (nSPS) is 22.3. The Morgan fingerprint density at radius 3 is 1.37 bits per heavy atom. The van der Waals surface area contributed by atoms with Crippen LogP contribution in [0.4, 0.5) is 38.0 Å². The highest BCUT2D eigenvalue weighted by atomic mass is 19.4. The Balaban J connectivity index is 1.57. The molecule has 3 rings (SSSR count). The topological polar surface area (TPSA) is 72.7 Å². The lowest BCUT2D eigenvalue weighted by atomic mass is 9.90. The van der Waals surface area contributed by atoms with Crippen LogP contribution in [0.3, 0.4) is 0 Å². The highest BCUT2D eigenvalue weighted by Crippen LogP contribution is 2.34. The third-order valence-corrected chi connectivity index (χ3v) is 5.93. The van der Waals surface area contributed by atoms with Gasteiger partial charge in [0.2, 0.25) is 0 Å². The average molecular weight is 442 g/mol. The molecule has 0 aliphatic carbocycles.